The Balaban J connectivity index is 0.000000165. The second-order valence-electron chi connectivity index (χ2n) is 13.7. The molecule has 43 heavy (non-hydrogen) atoms. The van der Waals surface area contributed by atoms with Crippen molar-refractivity contribution in [2.24, 2.45) is 5.92 Å². The van der Waals surface area contributed by atoms with E-state index in [1.807, 2.05) is 0 Å². The molecule has 1 aliphatic rings. The topological polar surface area (TPSA) is 0 Å². The van der Waals surface area contributed by atoms with E-state index in [9.17, 15) is 0 Å². The van der Waals surface area contributed by atoms with Crippen molar-refractivity contribution >= 4 is 24.8 Å². The molecule has 0 aliphatic heterocycles. The molecule has 6 rings (SSSR count). The van der Waals surface area contributed by atoms with Crippen LogP contribution in [0.1, 0.15) is 84.1 Å². The quantitative estimate of drug-likeness (QED) is 0.172. The fourth-order valence-corrected chi connectivity index (χ4v) is 5.97. The fourth-order valence-electron chi connectivity index (χ4n) is 5.15. The molecule has 0 N–H and O–H groups in total. The Morgan fingerprint density at radius 2 is 1.12 bits per heavy atom. The van der Waals surface area contributed by atoms with E-state index in [-0.39, 0.29) is 10.8 Å². The molecular weight excluding hydrogens is 596 g/mol. The van der Waals surface area contributed by atoms with Gasteiger partial charge in [-0.1, -0.05) is 96.7 Å². The molecule has 0 amide bonds. The van der Waals surface area contributed by atoms with E-state index in [0.717, 1.165) is 6.42 Å². The van der Waals surface area contributed by atoms with Gasteiger partial charge in [-0.25, -0.2) is 11.6 Å². The van der Waals surface area contributed by atoms with Gasteiger partial charge in [0.1, 0.15) is 0 Å². The Morgan fingerprint density at radius 3 is 1.44 bits per heavy atom. The number of rotatable bonds is 3. The van der Waals surface area contributed by atoms with Crippen molar-refractivity contribution in [2.75, 3.05) is 0 Å². The van der Waals surface area contributed by atoms with Crippen molar-refractivity contribution in [1.82, 2.24) is 0 Å². The number of hydrogen-bond donors (Lipinski definition) is 0. The van der Waals surface area contributed by atoms with E-state index in [0.29, 0.717) is 5.92 Å². The van der Waals surface area contributed by atoms with Crippen molar-refractivity contribution in [2.45, 2.75) is 72.6 Å². The van der Waals surface area contributed by atoms with Crippen LogP contribution >= 0.6 is 0 Å². The molecule has 0 nitrogen and oxygen atoms in total. The van der Waals surface area contributed by atoms with E-state index < -0.39 is 0 Å². The van der Waals surface area contributed by atoms with Crippen molar-refractivity contribution in [3.8, 4) is 0 Å². The van der Waals surface area contributed by atoms with Crippen LogP contribution in [0.3, 0.4) is 0 Å². The third-order valence-corrected chi connectivity index (χ3v) is 9.32. The summed E-state index contributed by atoms with van der Waals surface area (Å²) in [6.45, 7) is 18.0. The molecule has 0 bridgehead atoms. The molecule has 5 aromatic rings. The standard InChI is InChI=1S/C21H25.C13H10.C8H11.Zr/c1-20(2,3)16-7-9-18-14(12-16)11-15-13-17(21(4,5)6)8-10-19(15)18;1-3-7-12(8-4-1)11-13-9-5-2-6-10-13;1-7(2)8-5-3-4-6-8;/h7-13H,1-6H3;1-10H;3,5,7H,4H2,1-2H3;/q-1;;-1;+2. The molecule has 218 valence electrons. The van der Waals surface area contributed by atoms with Gasteiger partial charge in [0.2, 0.25) is 0 Å². The van der Waals surface area contributed by atoms with Crippen molar-refractivity contribution in [3.63, 3.8) is 0 Å². The number of allylic oxidation sites excluding steroid dienone is 4. The van der Waals surface area contributed by atoms with Crippen LogP contribution in [0.5, 0.6) is 0 Å². The maximum absolute atomic E-state index is 3.26. The van der Waals surface area contributed by atoms with Crippen LogP contribution in [0.4, 0.5) is 0 Å². The first-order chi connectivity index (χ1) is 20.3. The molecule has 0 radical (unpaired) electrons. The number of benzene rings is 4. The predicted octanol–water partition coefficient (Wildman–Crippen LogP) is 11.4. The predicted molar refractivity (Wildman–Crippen MR) is 186 cm³/mol. The second-order valence-corrected chi connectivity index (χ2v) is 15.0. The molecule has 1 heteroatoms. The molecular formula is C42H46Zr. The van der Waals surface area contributed by atoms with Gasteiger partial charge in [-0.2, -0.15) is 6.08 Å². The zero-order chi connectivity index (χ0) is 31.2. The average Bonchev–Trinajstić information content (AvgIpc) is 3.65. The molecule has 0 spiro atoms. The van der Waals surface area contributed by atoms with Gasteiger partial charge in [-0.3, -0.25) is 6.08 Å². The van der Waals surface area contributed by atoms with Crippen LogP contribution in [-0.2, 0) is 35.1 Å². The summed E-state index contributed by atoms with van der Waals surface area (Å²) in [4.78, 5) is 0. The summed E-state index contributed by atoms with van der Waals surface area (Å²) in [6.07, 6.45) is 8.59. The van der Waals surface area contributed by atoms with E-state index in [4.69, 9.17) is 0 Å². The van der Waals surface area contributed by atoms with Crippen LogP contribution in [0, 0.1) is 12.0 Å². The minimum absolute atomic E-state index is 0.203. The Labute approximate surface area is 275 Å². The Bertz CT molecular complexity index is 1600. The first-order valence-electron chi connectivity index (χ1n) is 15.5. The first-order valence-corrected chi connectivity index (χ1v) is 16.7. The molecule has 0 unspecified atom stereocenters. The zero-order valence-electron chi connectivity index (χ0n) is 27.3. The minimum atomic E-state index is 0.203. The van der Waals surface area contributed by atoms with Gasteiger partial charge in [0.25, 0.3) is 0 Å². The number of fused-ring (bicyclic) bond motifs is 3. The summed E-state index contributed by atoms with van der Waals surface area (Å²) in [5.41, 5.74) is 7.24. The molecule has 5 aromatic carbocycles. The molecule has 1 aliphatic carbocycles. The second kappa shape index (κ2) is 14.2. The van der Waals surface area contributed by atoms with Crippen LogP contribution < -0.4 is 0 Å². The molecule has 0 aromatic heterocycles. The van der Waals surface area contributed by atoms with Crippen LogP contribution in [-0.4, -0.2) is 3.21 Å². The SMILES string of the molecule is CC(C)(C)c1ccc2c(c1)[cH-]c1cc(C(C)(C)C)ccc12.CC(C)C1=[C-]CC=C1.[Zr+2]=[C](c1ccccc1)c1ccccc1. The third-order valence-electron chi connectivity index (χ3n) is 7.90. The van der Waals surface area contributed by atoms with Crippen molar-refractivity contribution in [1.29, 1.82) is 0 Å². The van der Waals surface area contributed by atoms with Gasteiger partial charge in [0.05, 0.1) is 0 Å². The summed E-state index contributed by atoms with van der Waals surface area (Å²) in [7, 11) is 0. The Kier molecular flexibility index (Phi) is 10.8. The molecule has 0 saturated heterocycles. The van der Waals surface area contributed by atoms with E-state index in [1.165, 1.54) is 76.8 Å². The summed E-state index contributed by atoms with van der Waals surface area (Å²) < 4.78 is 1.42. The molecule has 0 atom stereocenters. The van der Waals surface area contributed by atoms with Crippen molar-refractivity contribution in [3.05, 3.63) is 149 Å². The Hall–Kier alpha value is -3.02. The van der Waals surface area contributed by atoms with Crippen LogP contribution in [0.15, 0.2) is 121 Å². The van der Waals surface area contributed by atoms with Gasteiger partial charge in [-0.05, 0) is 10.8 Å². The van der Waals surface area contributed by atoms with Crippen LogP contribution in [0.2, 0.25) is 0 Å². The monoisotopic (exact) mass is 640 g/mol. The normalized spacial score (nSPS) is 13.0. The third kappa shape index (κ3) is 8.77. The van der Waals surface area contributed by atoms with Gasteiger partial charge >= 0.3 is 99.2 Å². The Morgan fingerprint density at radius 1 is 0.674 bits per heavy atom. The summed E-state index contributed by atoms with van der Waals surface area (Å²) >= 11 is 1.46. The zero-order valence-corrected chi connectivity index (χ0v) is 29.7. The van der Waals surface area contributed by atoms with Gasteiger partial charge in [0.15, 0.2) is 0 Å². The summed E-state index contributed by atoms with van der Waals surface area (Å²) in [5.74, 6) is 0.661. The summed E-state index contributed by atoms with van der Waals surface area (Å²) in [5, 5.41) is 5.48. The summed E-state index contributed by atoms with van der Waals surface area (Å²) in [6, 6.07) is 37.3. The van der Waals surface area contributed by atoms with Gasteiger partial charge in [-0.15, -0.1) is 46.2 Å². The van der Waals surface area contributed by atoms with E-state index in [1.54, 1.807) is 0 Å². The average molecular weight is 642 g/mol. The van der Waals surface area contributed by atoms with Gasteiger partial charge in [0, 0.05) is 0 Å². The van der Waals surface area contributed by atoms with E-state index in [2.05, 4.69) is 177 Å². The fraction of sp³-hybridized carbons (Fsp3) is 0.286. The van der Waals surface area contributed by atoms with Crippen molar-refractivity contribution < 1.29 is 24.2 Å². The molecule has 0 heterocycles. The molecule has 0 fully saturated rings. The first kappa shape index (κ1) is 32.9. The van der Waals surface area contributed by atoms with E-state index >= 15 is 0 Å². The number of hydrogen-bond acceptors (Lipinski definition) is 0. The molecule has 0 saturated carbocycles. The van der Waals surface area contributed by atoms with Crippen LogP contribution in [0.25, 0.3) is 21.5 Å². The van der Waals surface area contributed by atoms with Gasteiger partial charge < -0.3 is 0 Å². The maximum atomic E-state index is 3.26.